The van der Waals surface area contributed by atoms with Crippen molar-refractivity contribution in [3.63, 3.8) is 0 Å². The number of hydrogen-bond donors (Lipinski definition) is 2. The minimum atomic E-state index is -1.10. The molecule has 0 aromatic heterocycles. The summed E-state index contributed by atoms with van der Waals surface area (Å²) in [6.45, 7) is 7.21. The van der Waals surface area contributed by atoms with Gasteiger partial charge in [0.05, 0.1) is 31.2 Å². The number of halogens is 1. The normalized spacial score (nSPS) is 37.5. The van der Waals surface area contributed by atoms with Gasteiger partial charge in [-0.2, -0.15) is 0 Å². The zero-order valence-corrected chi connectivity index (χ0v) is 17.6. The monoisotopic (exact) mass is 446 g/mol. The first kappa shape index (κ1) is 20.5. The third-order valence-electron chi connectivity index (χ3n) is 5.44. The fourth-order valence-electron chi connectivity index (χ4n) is 4.72. The van der Waals surface area contributed by atoms with E-state index in [-0.39, 0.29) is 36.4 Å². The van der Waals surface area contributed by atoms with E-state index in [0.717, 1.165) is 0 Å². The number of alkyl halides is 1. The van der Waals surface area contributed by atoms with Gasteiger partial charge in [0.1, 0.15) is 11.6 Å². The van der Waals surface area contributed by atoms with Gasteiger partial charge < -0.3 is 24.8 Å². The van der Waals surface area contributed by atoms with Crippen LogP contribution < -0.4 is 5.32 Å². The zero-order valence-electron chi connectivity index (χ0n) is 16.0. The smallest absolute Gasteiger partial charge is 0.312 e. The first-order valence-electron chi connectivity index (χ1n) is 9.29. The van der Waals surface area contributed by atoms with Gasteiger partial charge in [0.2, 0.25) is 11.8 Å². The number of rotatable bonds is 5. The van der Waals surface area contributed by atoms with Crippen molar-refractivity contribution in [2.45, 2.75) is 62.2 Å². The Bertz CT molecular complexity index is 650. The van der Waals surface area contributed by atoms with Gasteiger partial charge in [0, 0.05) is 16.9 Å². The van der Waals surface area contributed by atoms with Crippen molar-refractivity contribution < 1.29 is 29.0 Å². The van der Waals surface area contributed by atoms with Crippen LogP contribution in [0.5, 0.6) is 0 Å². The van der Waals surface area contributed by atoms with Gasteiger partial charge in [0.25, 0.3) is 0 Å². The van der Waals surface area contributed by atoms with Gasteiger partial charge >= 0.3 is 5.97 Å². The lowest BCUT2D eigenvalue weighted by Gasteiger charge is -2.35. The Balaban J connectivity index is 2.02. The summed E-state index contributed by atoms with van der Waals surface area (Å²) in [6.07, 6.45) is -0.0760. The van der Waals surface area contributed by atoms with Crippen molar-refractivity contribution in [1.29, 1.82) is 0 Å². The molecule has 3 saturated heterocycles. The highest BCUT2D eigenvalue weighted by molar-refractivity contribution is 9.09. The molecule has 0 aliphatic carbocycles. The van der Waals surface area contributed by atoms with Crippen molar-refractivity contribution in [3.05, 3.63) is 0 Å². The van der Waals surface area contributed by atoms with E-state index in [9.17, 15) is 19.5 Å². The molecule has 2 bridgehead atoms. The van der Waals surface area contributed by atoms with E-state index in [2.05, 4.69) is 21.2 Å². The Labute approximate surface area is 167 Å². The zero-order chi connectivity index (χ0) is 20.1. The van der Waals surface area contributed by atoms with Crippen molar-refractivity contribution in [2.24, 2.45) is 11.8 Å². The van der Waals surface area contributed by atoms with Gasteiger partial charge in [-0.1, -0.05) is 15.9 Å². The highest BCUT2D eigenvalue weighted by Gasteiger charge is 2.76. The molecule has 0 aromatic carbocycles. The van der Waals surface area contributed by atoms with Crippen LogP contribution in [0.15, 0.2) is 0 Å². The molecule has 3 aliphatic heterocycles. The highest BCUT2D eigenvalue weighted by atomic mass is 79.9. The van der Waals surface area contributed by atoms with Crippen LogP contribution in [-0.2, 0) is 23.9 Å². The van der Waals surface area contributed by atoms with Crippen LogP contribution in [-0.4, -0.2) is 75.7 Å². The number of carbonyl (C=O) groups is 3. The molecule has 6 atom stereocenters. The van der Waals surface area contributed by atoms with Gasteiger partial charge in [0.15, 0.2) is 0 Å². The summed E-state index contributed by atoms with van der Waals surface area (Å²) in [5.74, 6) is -2.69. The Morgan fingerprint density at radius 1 is 1.44 bits per heavy atom. The van der Waals surface area contributed by atoms with Crippen LogP contribution in [0.1, 0.15) is 34.1 Å². The molecule has 152 valence electrons. The number of likely N-dealkylation sites (tertiary alicyclic amines) is 1. The number of esters is 1. The summed E-state index contributed by atoms with van der Waals surface area (Å²) in [7, 11) is 0. The largest absolute Gasteiger partial charge is 0.466 e. The summed E-state index contributed by atoms with van der Waals surface area (Å²) in [4.78, 5) is 40.1. The second-order valence-electron chi connectivity index (χ2n) is 8.41. The molecule has 3 rings (SSSR count). The molecule has 3 heterocycles. The average molecular weight is 447 g/mol. The van der Waals surface area contributed by atoms with Crippen LogP contribution >= 0.6 is 15.9 Å². The van der Waals surface area contributed by atoms with E-state index in [4.69, 9.17) is 9.47 Å². The van der Waals surface area contributed by atoms with E-state index in [1.165, 1.54) is 4.90 Å². The van der Waals surface area contributed by atoms with Crippen LogP contribution in [0.2, 0.25) is 0 Å². The molecule has 3 unspecified atom stereocenters. The lowest BCUT2D eigenvalue weighted by Crippen LogP contribution is -2.58. The SMILES string of the molecule is CCOC(=O)[C@H]1[C@@H]2OC3(CC2Br)C(C(=O)NC(C)(C)C)N(CCO)C(=O)[C@H]13. The highest BCUT2D eigenvalue weighted by Crippen LogP contribution is 2.60. The van der Waals surface area contributed by atoms with Gasteiger partial charge in [-0.25, -0.2) is 0 Å². The Morgan fingerprint density at radius 2 is 2.11 bits per heavy atom. The molecule has 0 radical (unpaired) electrons. The summed E-state index contributed by atoms with van der Waals surface area (Å²) >= 11 is 3.56. The van der Waals surface area contributed by atoms with Crippen LogP contribution in [0.25, 0.3) is 0 Å². The van der Waals surface area contributed by atoms with Crippen molar-refractivity contribution >= 4 is 33.7 Å². The molecule has 2 amide bonds. The maximum Gasteiger partial charge on any atom is 0.312 e. The third-order valence-corrected chi connectivity index (χ3v) is 6.28. The van der Waals surface area contributed by atoms with Crippen molar-refractivity contribution in [2.75, 3.05) is 19.8 Å². The second-order valence-corrected chi connectivity index (χ2v) is 9.59. The van der Waals surface area contributed by atoms with E-state index < -0.39 is 41.1 Å². The van der Waals surface area contributed by atoms with Crippen molar-refractivity contribution in [1.82, 2.24) is 10.2 Å². The number of ether oxygens (including phenoxy) is 2. The third kappa shape index (κ3) is 3.17. The summed E-state index contributed by atoms with van der Waals surface area (Å²) in [6, 6.07) is -0.897. The molecule has 3 aliphatic rings. The molecule has 9 heteroatoms. The average Bonchev–Trinajstić information content (AvgIpc) is 3.11. The number of aliphatic hydroxyl groups is 1. The molecular weight excluding hydrogens is 420 g/mol. The topological polar surface area (TPSA) is 105 Å². The van der Waals surface area contributed by atoms with Gasteiger partial charge in [-0.05, 0) is 34.1 Å². The summed E-state index contributed by atoms with van der Waals surface area (Å²) in [5.41, 5.74) is -1.59. The molecule has 27 heavy (non-hydrogen) atoms. The Kier molecular flexibility index (Phi) is 5.33. The number of carbonyl (C=O) groups excluding carboxylic acids is 3. The maximum atomic E-state index is 13.2. The molecule has 8 nitrogen and oxygen atoms in total. The number of aliphatic hydroxyl groups excluding tert-OH is 1. The van der Waals surface area contributed by atoms with E-state index in [0.29, 0.717) is 6.42 Å². The van der Waals surface area contributed by atoms with Crippen LogP contribution in [0.4, 0.5) is 0 Å². The first-order chi connectivity index (χ1) is 12.6. The Hall–Kier alpha value is -1.19. The van der Waals surface area contributed by atoms with Gasteiger partial charge in [-0.3, -0.25) is 14.4 Å². The number of amides is 2. The van der Waals surface area contributed by atoms with E-state index >= 15 is 0 Å². The summed E-state index contributed by atoms with van der Waals surface area (Å²) < 4.78 is 11.4. The number of hydrogen-bond acceptors (Lipinski definition) is 6. The number of nitrogens with zero attached hydrogens (tertiary/aromatic N) is 1. The molecular formula is C18H27BrN2O6. The predicted octanol–water partition coefficient (Wildman–Crippen LogP) is 0.205. The van der Waals surface area contributed by atoms with Crippen molar-refractivity contribution in [3.8, 4) is 0 Å². The molecule has 0 aromatic rings. The quantitative estimate of drug-likeness (QED) is 0.461. The fourth-order valence-corrected chi connectivity index (χ4v) is 5.67. The minimum Gasteiger partial charge on any atom is -0.466 e. The predicted molar refractivity (Wildman–Crippen MR) is 99.0 cm³/mol. The Morgan fingerprint density at radius 3 is 2.67 bits per heavy atom. The molecule has 1 spiro atoms. The second kappa shape index (κ2) is 7.00. The fraction of sp³-hybridized carbons (Fsp3) is 0.833. The van der Waals surface area contributed by atoms with Gasteiger partial charge in [-0.15, -0.1) is 0 Å². The lowest BCUT2D eigenvalue weighted by atomic mass is 9.70. The maximum absolute atomic E-state index is 13.2. The first-order valence-corrected chi connectivity index (χ1v) is 10.2. The van der Waals surface area contributed by atoms with Crippen LogP contribution in [0.3, 0.4) is 0 Å². The minimum absolute atomic E-state index is 0.00976. The molecule has 3 fully saturated rings. The van der Waals surface area contributed by atoms with E-state index in [1.54, 1.807) is 6.92 Å². The molecule has 2 N–H and O–H groups in total. The number of β-amino-alcohol motifs (C(OH)–C–C–N with tert-alkyl or cyclic N) is 1. The summed E-state index contributed by atoms with van der Waals surface area (Å²) in [5, 5.41) is 12.4. The number of fused-ring (bicyclic) bond motifs is 1. The van der Waals surface area contributed by atoms with Crippen LogP contribution in [0, 0.1) is 11.8 Å². The van der Waals surface area contributed by atoms with E-state index in [1.807, 2.05) is 20.8 Å². The lowest BCUT2D eigenvalue weighted by molar-refractivity contribution is -0.154. The molecule has 0 saturated carbocycles. The number of nitrogens with one attached hydrogen (secondary N) is 1. The standard InChI is InChI=1S/C18H27BrN2O6/c1-5-26-16(25)10-11-15(24)21(6-7-22)13(14(23)20-17(2,3)4)18(11)8-9(19)12(10)27-18/h9-13,22H,5-8H2,1-4H3,(H,20,23)/t9?,10-,11+,12-,13?,18?/m1/s1.